The fraction of sp³-hybridized carbons (Fsp3) is 0.700. The molecule has 3 N–H and O–H groups in total. The average molecular weight is 306 g/mol. The van der Waals surface area contributed by atoms with Gasteiger partial charge in [0.2, 0.25) is 0 Å². The minimum absolute atomic E-state index is 0.424. The average Bonchev–Trinajstić information content (AvgIpc) is 2.53. The molecule has 0 radical (unpaired) electrons. The lowest BCUT2D eigenvalue weighted by molar-refractivity contribution is 0.170. The van der Waals surface area contributed by atoms with Crippen LogP contribution in [0.2, 0.25) is 0 Å². The monoisotopic (exact) mass is 305 g/mol. The molecule has 2 heteroatoms. The summed E-state index contributed by atoms with van der Waals surface area (Å²) in [6.07, 6.45) is 9.02. The third-order valence-corrected chi connectivity index (χ3v) is 5.03. The summed E-state index contributed by atoms with van der Waals surface area (Å²) in [5.74, 6) is 0. The number of benzene rings is 1. The zero-order valence-electron chi connectivity index (χ0n) is 14.8. The Hall–Kier alpha value is -0.860. The molecule has 0 saturated carbocycles. The van der Waals surface area contributed by atoms with Crippen LogP contribution >= 0.6 is 0 Å². The molecule has 2 nitrogen and oxygen atoms in total. The molecule has 1 atom stereocenters. The first-order chi connectivity index (χ1) is 10.6. The largest absolute Gasteiger partial charge is 0.388 e. The van der Waals surface area contributed by atoms with Crippen molar-refractivity contribution in [2.24, 2.45) is 11.1 Å². The molecule has 1 aromatic rings. The van der Waals surface area contributed by atoms with Crippen molar-refractivity contribution in [2.45, 2.75) is 78.2 Å². The van der Waals surface area contributed by atoms with E-state index in [1.165, 1.54) is 44.1 Å². The highest BCUT2D eigenvalue weighted by Gasteiger charge is 2.25. The zero-order chi connectivity index (χ0) is 16.4. The number of aliphatic hydroxyl groups excluding tert-OH is 1. The van der Waals surface area contributed by atoms with Crippen LogP contribution in [0, 0.1) is 5.41 Å². The summed E-state index contributed by atoms with van der Waals surface area (Å²) in [4.78, 5) is 0. The Morgan fingerprint density at radius 3 is 2.32 bits per heavy atom. The lowest BCUT2D eigenvalue weighted by Crippen LogP contribution is -2.20. The van der Waals surface area contributed by atoms with E-state index in [1.807, 2.05) is 6.07 Å². The molecule has 0 aliphatic carbocycles. The summed E-state index contributed by atoms with van der Waals surface area (Å²) < 4.78 is 0. The van der Waals surface area contributed by atoms with Gasteiger partial charge in [-0.1, -0.05) is 64.3 Å². The Kier molecular flexibility index (Phi) is 8.74. The molecule has 0 fully saturated rings. The van der Waals surface area contributed by atoms with Crippen molar-refractivity contribution in [3.8, 4) is 0 Å². The van der Waals surface area contributed by atoms with E-state index in [1.54, 1.807) is 0 Å². The van der Waals surface area contributed by atoms with Crippen LogP contribution in [-0.2, 0) is 6.42 Å². The predicted octanol–water partition coefficient (Wildman–Crippen LogP) is 5.00. The molecular formula is C20H35NO. The Labute approximate surface area is 137 Å². The fourth-order valence-corrected chi connectivity index (χ4v) is 3.66. The van der Waals surface area contributed by atoms with E-state index in [4.69, 9.17) is 5.73 Å². The zero-order valence-corrected chi connectivity index (χ0v) is 14.8. The maximum atomic E-state index is 10.1. The van der Waals surface area contributed by atoms with Crippen molar-refractivity contribution < 1.29 is 5.11 Å². The quantitative estimate of drug-likeness (QED) is 0.604. The highest BCUT2D eigenvalue weighted by Crippen LogP contribution is 2.38. The van der Waals surface area contributed by atoms with Gasteiger partial charge in [0.05, 0.1) is 6.10 Å². The minimum atomic E-state index is -0.424. The van der Waals surface area contributed by atoms with Gasteiger partial charge >= 0.3 is 0 Å². The molecule has 0 bridgehead atoms. The summed E-state index contributed by atoms with van der Waals surface area (Å²) in [5.41, 5.74) is 8.40. The van der Waals surface area contributed by atoms with Gasteiger partial charge in [0, 0.05) is 0 Å². The molecule has 1 unspecified atom stereocenters. The summed E-state index contributed by atoms with van der Waals surface area (Å²) in [5, 5.41) is 10.1. The molecule has 1 rings (SSSR count). The molecule has 0 aliphatic rings. The molecule has 0 saturated heterocycles. The van der Waals surface area contributed by atoms with Gasteiger partial charge in [0.1, 0.15) is 0 Å². The van der Waals surface area contributed by atoms with E-state index in [-0.39, 0.29) is 0 Å². The summed E-state index contributed by atoms with van der Waals surface area (Å²) in [6, 6.07) is 8.43. The van der Waals surface area contributed by atoms with Gasteiger partial charge in [-0.2, -0.15) is 0 Å². The van der Waals surface area contributed by atoms with Gasteiger partial charge in [-0.25, -0.2) is 0 Å². The van der Waals surface area contributed by atoms with E-state index in [0.29, 0.717) is 18.4 Å². The SMILES string of the molecule is CCCC(CC)(CCC)CCc1cccc(C(O)CCN)c1. The summed E-state index contributed by atoms with van der Waals surface area (Å²) >= 11 is 0. The Bertz CT molecular complexity index is 410. The molecule has 1 aromatic carbocycles. The first-order valence-electron chi connectivity index (χ1n) is 9.07. The van der Waals surface area contributed by atoms with Crippen molar-refractivity contribution in [1.29, 1.82) is 0 Å². The number of hydrogen-bond acceptors (Lipinski definition) is 2. The number of nitrogens with two attached hydrogens (primary N) is 1. The minimum Gasteiger partial charge on any atom is -0.388 e. The van der Waals surface area contributed by atoms with Crippen molar-refractivity contribution in [3.63, 3.8) is 0 Å². The van der Waals surface area contributed by atoms with Crippen molar-refractivity contribution >= 4 is 0 Å². The van der Waals surface area contributed by atoms with Gasteiger partial charge in [-0.05, 0) is 55.2 Å². The van der Waals surface area contributed by atoms with Gasteiger partial charge in [-0.3, -0.25) is 0 Å². The maximum absolute atomic E-state index is 10.1. The first-order valence-corrected chi connectivity index (χ1v) is 9.07. The highest BCUT2D eigenvalue weighted by atomic mass is 16.3. The van der Waals surface area contributed by atoms with Crippen LogP contribution in [0.3, 0.4) is 0 Å². The number of aliphatic hydroxyl groups is 1. The number of rotatable bonds is 11. The second-order valence-corrected chi connectivity index (χ2v) is 6.69. The lowest BCUT2D eigenvalue weighted by Gasteiger charge is -2.33. The van der Waals surface area contributed by atoms with Gasteiger partial charge in [0.25, 0.3) is 0 Å². The van der Waals surface area contributed by atoms with Crippen LogP contribution in [0.1, 0.15) is 82.9 Å². The van der Waals surface area contributed by atoms with E-state index in [0.717, 1.165) is 12.0 Å². The van der Waals surface area contributed by atoms with Gasteiger partial charge in [-0.15, -0.1) is 0 Å². The van der Waals surface area contributed by atoms with Crippen LogP contribution in [0.4, 0.5) is 0 Å². The smallest absolute Gasteiger partial charge is 0.0802 e. The van der Waals surface area contributed by atoms with Crippen LogP contribution < -0.4 is 5.73 Å². The normalized spacial score (nSPS) is 13.3. The third kappa shape index (κ3) is 5.73. The van der Waals surface area contributed by atoms with Crippen LogP contribution in [0.5, 0.6) is 0 Å². The molecule has 0 aromatic heterocycles. The van der Waals surface area contributed by atoms with Crippen LogP contribution in [0.15, 0.2) is 24.3 Å². The maximum Gasteiger partial charge on any atom is 0.0802 e. The second-order valence-electron chi connectivity index (χ2n) is 6.69. The van der Waals surface area contributed by atoms with E-state index < -0.39 is 6.10 Å². The first kappa shape index (κ1) is 19.2. The fourth-order valence-electron chi connectivity index (χ4n) is 3.66. The standard InChI is InChI=1S/C20H35NO/c1-4-12-20(6-3,13-5-2)14-10-17-8-7-9-18(16-17)19(22)11-15-21/h7-9,16,19,22H,4-6,10-15,21H2,1-3H3. The molecule has 126 valence electrons. The molecule has 0 amide bonds. The van der Waals surface area contributed by atoms with Crippen molar-refractivity contribution in [2.75, 3.05) is 6.54 Å². The Morgan fingerprint density at radius 2 is 1.77 bits per heavy atom. The van der Waals surface area contributed by atoms with Crippen molar-refractivity contribution in [1.82, 2.24) is 0 Å². The molecule has 22 heavy (non-hydrogen) atoms. The van der Waals surface area contributed by atoms with Gasteiger partial charge in [0.15, 0.2) is 0 Å². The van der Waals surface area contributed by atoms with Crippen LogP contribution in [0.25, 0.3) is 0 Å². The summed E-state index contributed by atoms with van der Waals surface area (Å²) in [7, 11) is 0. The lowest BCUT2D eigenvalue weighted by atomic mass is 9.73. The van der Waals surface area contributed by atoms with Gasteiger partial charge < -0.3 is 10.8 Å². The molecule has 0 spiro atoms. The number of hydrogen-bond donors (Lipinski definition) is 2. The topological polar surface area (TPSA) is 46.2 Å². The van der Waals surface area contributed by atoms with Crippen molar-refractivity contribution in [3.05, 3.63) is 35.4 Å². The molecule has 0 heterocycles. The predicted molar refractivity (Wildman–Crippen MR) is 95.9 cm³/mol. The molecular weight excluding hydrogens is 270 g/mol. The Morgan fingerprint density at radius 1 is 1.09 bits per heavy atom. The number of aryl methyl sites for hydroxylation is 1. The van der Waals surface area contributed by atoms with E-state index >= 15 is 0 Å². The summed E-state index contributed by atoms with van der Waals surface area (Å²) in [6.45, 7) is 7.46. The molecule has 0 aliphatic heterocycles. The third-order valence-electron chi connectivity index (χ3n) is 5.03. The van der Waals surface area contributed by atoms with E-state index in [9.17, 15) is 5.11 Å². The second kappa shape index (κ2) is 10.0. The Balaban J connectivity index is 2.74. The highest BCUT2D eigenvalue weighted by molar-refractivity contribution is 5.25. The van der Waals surface area contributed by atoms with E-state index in [2.05, 4.69) is 39.0 Å². The van der Waals surface area contributed by atoms with Crippen LogP contribution in [-0.4, -0.2) is 11.7 Å².